The van der Waals surface area contributed by atoms with Gasteiger partial charge in [0, 0.05) is 17.5 Å². The first-order valence-corrected chi connectivity index (χ1v) is 11.1. The number of nitrogens with one attached hydrogen (secondary N) is 1. The predicted molar refractivity (Wildman–Crippen MR) is 129 cm³/mol. The highest BCUT2D eigenvalue weighted by atomic mass is 19.1. The molecule has 0 radical (unpaired) electrons. The second-order valence-corrected chi connectivity index (χ2v) is 8.40. The van der Waals surface area contributed by atoms with E-state index < -0.39 is 6.04 Å². The number of methoxy groups -OCH3 is 1. The molecule has 1 N–H and O–H groups in total. The highest BCUT2D eigenvalue weighted by molar-refractivity contribution is 5.91. The maximum Gasteiger partial charge on any atom is 0.323 e. The van der Waals surface area contributed by atoms with Crippen LogP contribution in [0, 0.1) is 19.7 Å². The fourth-order valence-corrected chi connectivity index (χ4v) is 4.59. The van der Waals surface area contributed by atoms with Crippen molar-refractivity contribution in [2.45, 2.75) is 26.4 Å². The van der Waals surface area contributed by atoms with Crippen LogP contribution in [-0.2, 0) is 6.54 Å². The van der Waals surface area contributed by atoms with Crippen LogP contribution in [0.5, 0.6) is 5.75 Å². The lowest BCUT2D eigenvalue weighted by molar-refractivity contribution is 0.194. The van der Waals surface area contributed by atoms with E-state index in [1.54, 1.807) is 36.3 Å². The molecule has 4 aromatic rings. The molecule has 0 bridgehead atoms. The largest absolute Gasteiger partial charge is 0.495 e. The Bertz CT molecular complexity index is 1360. The summed E-state index contributed by atoms with van der Waals surface area (Å²) in [5.74, 6) is 1.05. The number of fused-ring (bicyclic) bond motifs is 3. The molecule has 34 heavy (non-hydrogen) atoms. The third kappa shape index (κ3) is 3.79. The average molecular weight is 457 g/mol. The summed E-state index contributed by atoms with van der Waals surface area (Å²) in [6.07, 6.45) is 1.96. The van der Waals surface area contributed by atoms with Crippen LogP contribution in [0.3, 0.4) is 0 Å². The van der Waals surface area contributed by atoms with Gasteiger partial charge in [0.1, 0.15) is 17.4 Å². The van der Waals surface area contributed by atoms with Gasteiger partial charge in [-0.2, -0.15) is 0 Å². The Labute approximate surface area is 197 Å². The van der Waals surface area contributed by atoms with Gasteiger partial charge < -0.3 is 19.5 Å². The summed E-state index contributed by atoms with van der Waals surface area (Å²) < 4.78 is 21.2. The number of rotatable bonds is 3. The van der Waals surface area contributed by atoms with E-state index in [1.807, 2.05) is 54.9 Å². The molecule has 2 amide bonds. The molecular formula is C27H25FN4O2. The predicted octanol–water partition coefficient (Wildman–Crippen LogP) is 5.77. The minimum Gasteiger partial charge on any atom is -0.495 e. The molecule has 2 aromatic carbocycles. The van der Waals surface area contributed by atoms with Gasteiger partial charge in [-0.15, -0.1) is 0 Å². The molecule has 0 spiro atoms. The van der Waals surface area contributed by atoms with E-state index in [9.17, 15) is 9.18 Å². The molecule has 7 heteroatoms. The molecule has 0 aliphatic carbocycles. The van der Waals surface area contributed by atoms with Gasteiger partial charge in [-0.05, 0) is 67.4 Å². The SMILES string of the molecule is COc1ccccc1NC(=O)N1Cc2c(C)cc(C)nc2-n2cccc2C1c1ccc(F)cc1. The molecule has 1 aliphatic heterocycles. The highest BCUT2D eigenvalue weighted by Gasteiger charge is 2.34. The van der Waals surface area contributed by atoms with Gasteiger partial charge in [0.25, 0.3) is 0 Å². The molecule has 1 unspecified atom stereocenters. The van der Waals surface area contributed by atoms with E-state index in [0.29, 0.717) is 18.0 Å². The lowest BCUT2D eigenvalue weighted by Crippen LogP contribution is -2.38. The number of carbonyl (C=O) groups excluding carboxylic acids is 1. The highest BCUT2D eigenvalue weighted by Crippen LogP contribution is 2.38. The van der Waals surface area contributed by atoms with Crippen LogP contribution in [0.15, 0.2) is 72.9 Å². The molecule has 0 saturated heterocycles. The van der Waals surface area contributed by atoms with Crippen LogP contribution in [0.25, 0.3) is 5.82 Å². The van der Waals surface area contributed by atoms with E-state index in [-0.39, 0.29) is 11.8 Å². The second kappa shape index (κ2) is 8.67. The summed E-state index contributed by atoms with van der Waals surface area (Å²) in [4.78, 5) is 20.4. The Balaban J connectivity index is 1.67. The topological polar surface area (TPSA) is 59.4 Å². The summed E-state index contributed by atoms with van der Waals surface area (Å²) in [6.45, 7) is 4.33. The van der Waals surface area contributed by atoms with Gasteiger partial charge in [0.15, 0.2) is 0 Å². The van der Waals surface area contributed by atoms with Crippen molar-refractivity contribution in [1.29, 1.82) is 0 Å². The Morgan fingerprint density at radius 2 is 1.85 bits per heavy atom. The minimum atomic E-state index is -0.459. The van der Waals surface area contributed by atoms with E-state index in [2.05, 4.69) is 5.32 Å². The molecule has 6 nitrogen and oxygen atoms in total. The number of aromatic nitrogens is 2. The lowest BCUT2D eigenvalue weighted by atomic mass is 10.0. The monoisotopic (exact) mass is 456 g/mol. The number of carbonyl (C=O) groups is 1. The van der Waals surface area contributed by atoms with Crippen LogP contribution in [-0.4, -0.2) is 27.6 Å². The summed E-state index contributed by atoms with van der Waals surface area (Å²) in [5.41, 5.74) is 5.17. The van der Waals surface area contributed by atoms with Gasteiger partial charge in [-0.25, -0.2) is 14.2 Å². The van der Waals surface area contributed by atoms with Gasteiger partial charge in [0.2, 0.25) is 0 Å². The Hall–Kier alpha value is -4.13. The Kier molecular flexibility index (Phi) is 5.53. The van der Waals surface area contributed by atoms with Crippen molar-refractivity contribution in [3.63, 3.8) is 0 Å². The zero-order valence-electron chi connectivity index (χ0n) is 19.2. The van der Waals surface area contributed by atoms with Crippen molar-refractivity contribution in [2.24, 2.45) is 0 Å². The van der Waals surface area contributed by atoms with E-state index in [1.165, 1.54) is 12.1 Å². The quantitative estimate of drug-likeness (QED) is 0.426. The first-order valence-electron chi connectivity index (χ1n) is 11.1. The number of nitrogens with zero attached hydrogens (tertiary/aromatic N) is 3. The van der Waals surface area contributed by atoms with E-state index in [4.69, 9.17) is 9.72 Å². The van der Waals surface area contributed by atoms with Crippen LogP contribution in [0.4, 0.5) is 14.9 Å². The fraction of sp³-hybridized carbons (Fsp3) is 0.185. The number of hydrogen-bond donors (Lipinski definition) is 1. The molecule has 2 aromatic heterocycles. The first kappa shape index (κ1) is 21.7. The van der Waals surface area contributed by atoms with Crippen LogP contribution in [0.1, 0.15) is 34.1 Å². The third-order valence-corrected chi connectivity index (χ3v) is 6.18. The average Bonchev–Trinajstić information content (AvgIpc) is 3.25. The first-order chi connectivity index (χ1) is 16.5. The van der Waals surface area contributed by atoms with E-state index >= 15 is 0 Å². The number of urea groups is 1. The summed E-state index contributed by atoms with van der Waals surface area (Å²) >= 11 is 0. The van der Waals surface area contributed by atoms with Crippen molar-refractivity contribution in [1.82, 2.24) is 14.5 Å². The van der Waals surface area contributed by atoms with Crippen molar-refractivity contribution < 1.29 is 13.9 Å². The molecule has 172 valence electrons. The number of ether oxygens (including phenoxy) is 1. The zero-order valence-corrected chi connectivity index (χ0v) is 19.2. The van der Waals surface area contributed by atoms with Gasteiger partial charge >= 0.3 is 6.03 Å². The number of halogens is 1. The summed E-state index contributed by atoms with van der Waals surface area (Å²) in [6, 6.07) is 18.8. The zero-order chi connectivity index (χ0) is 23.8. The maximum atomic E-state index is 13.8. The van der Waals surface area contributed by atoms with Crippen LogP contribution >= 0.6 is 0 Å². The minimum absolute atomic E-state index is 0.292. The molecule has 3 heterocycles. The standard InChI is InChI=1S/C27H25FN4O2/c1-17-15-18(2)29-26-21(17)16-32(27(33)30-22-7-4-5-9-24(22)34-3)25(23-8-6-14-31(23)26)19-10-12-20(28)13-11-19/h4-15,25H,16H2,1-3H3,(H,30,33). The third-order valence-electron chi connectivity index (χ3n) is 6.18. The Morgan fingerprint density at radius 3 is 2.62 bits per heavy atom. The molecular weight excluding hydrogens is 431 g/mol. The number of anilines is 1. The molecule has 1 aliphatic rings. The van der Waals surface area contributed by atoms with Crippen molar-refractivity contribution in [3.05, 3.63) is 107 Å². The number of hydrogen-bond acceptors (Lipinski definition) is 3. The molecule has 0 saturated carbocycles. The summed E-state index contributed by atoms with van der Waals surface area (Å²) in [5, 5.41) is 3.01. The number of benzene rings is 2. The number of para-hydroxylation sites is 2. The van der Waals surface area contributed by atoms with Crippen LogP contribution in [0.2, 0.25) is 0 Å². The van der Waals surface area contributed by atoms with E-state index in [0.717, 1.165) is 33.9 Å². The van der Waals surface area contributed by atoms with Gasteiger partial charge in [-0.1, -0.05) is 24.3 Å². The summed E-state index contributed by atoms with van der Waals surface area (Å²) in [7, 11) is 1.57. The number of amides is 2. The number of pyridine rings is 1. The number of aryl methyl sites for hydroxylation is 2. The van der Waals surface area contributed by atoms with Gasteiger partial charge in [-0.3, -0.25) is 0 Å². The smallest absolute Gasteiger partial charge is 0.323 e. The lowest BCUT2D eigenvalue weighted by Gasteiger charge is -2.31. The van der Waals surface area contributed by atoms with Crippen LogP contribution < -0.4 is 10.1 Å². The van der Waals surface area contributed by atoms with Gasteiger partial charge in [0.05, 0.1) is 31.1 Å². The van der Waals surface area contributed by atoms with Crippen molar-refractivity contribution in [3.8, 4) is 11.6 Å². The normalized spacial score (nSPS) is 14.7. The fourth-order valence-electron chi connectivity index (χ4n) is 4.59. The molecule has 0 fully saturated rings. The van der Waals surface area contributed by atoms with Crippen molar-refractivity contribution >= 4 is 11.7 Å². The second-order valence-electron chi connectivity index (χ2n) is 8.40. The molecule has 1 atom stereocenters. The maximum absolute atomic E-state index is 13.8. The van der Waals surface area contributed by atoms with Crippen molar-refractivity contribution in [2.75, 3.05) is 12.4 Å². The molecule has 5 rings (SSSR count). The Morgan fingerprint density at radius 1 is 1.09 bits per heavy atom.